The summed E-state index contributed by atoms with van der Waals surface area (Å²) in [6.45, 7) is 11.6. The van der Waals surface area contributed by atoms with Gasteiger partial charge >= 0.3 is 5.97 Å². The number of amides is 2. The monoisotopic (exact) mass is 395 g/mol. The molecule has 0 aromatic rings. The Bertz CT molecular complexity index is 570. The van der Waals surface area contributed by atoms with Crippen LogP contribution in [-0.4, -0.2) is 65.5 Å². The molecule has 0 saturated carbocycles. The average Bonchev–Trinajstić information content (AvgIpc) is 2.87. The molecule has 28 heavy (non-hydrogen) atoms. The lowest BCUT2D eigenvalue weighted by molar-refractivity contribution is -0.152. The molecule has 0 radical (unpaired) electrons. The van der Waals surface area contributed by atoms with Crippen molar-refractivity contribution in [3.05, 3.63) is 0 Å². The Morgan fingerprint density at radius 1 is 1.21 bits per heavy atom. The molecule has 2 atom stereocenters. The first-order chi connectivity index (χ1) is 13.2. The van der Waals surface area contributed by atoms with E-state index in [-0.39, 0.29) is 30.4 Å². The van der Waals surface area contributed by atoms with E-state index in [1.54, 1.807) is 11.8 Å². The number of piperidine rings is 1. The second-order valence-corrected chi connectivity index (χ2v) is 8.69. The predicted octanol–water partition coefficient (Wildman–Crippen LogP) is 2.15. The highest BCUT2D eigenvalue weighted by molar-refractivity contribution is 5.88. The number of esters is 1. The zero-order chi connectivity index (χ0) is 20.9. The van der Waals surface area contributed by atoms with Crippen LogP contribution in [0.3, 0.4) is 0 Å². The minimum absolute atomic E-state index is 0.0267. The van der Waals surface area contributed by atoms with Crippen molar-refractivity contribution in [2.75, 3.05) is 26.2 Å². The topological polar surface area (TPSA) is 79.0 Å². The van der Waals surface area contributed by atoms with Gasteiger partial charge in [0.15, 0.2) is 0 Å². The maximum absolute atomic E-state index is 13.0. The van der Waals surface area contributed by atoms with Crippen LogP contribution in [0.15, 0.2) is 0 Å². The molecule has 7 heteroatoms. The lowest BCUT2D eigenvalue weighted by atomic mass is 9.94. The van der Waals surface area contributed by atoms with Crippen LogP contribution in [0.2, 0.25) is 0 Å². The average molecular weight is 396 g/mol. The Morgan fingerprint density at radius 2 is 1.86 bits per heavy atom. The van der Waals surface area contributed by atoms with Crippen molar-refractivity contribution >= 4 is 17.8 Å². The van der Waals surface area contributed by atoms with Crippen molar-refractivity contribution in [1.82, 2.24) is 15.1 Å². The minimum Gasteiger partial charge on any atom is -0.465 e. The largest absolute Gasteiger partial charge is 0.465 e. The summed E-state index contributed by atoms with van der Waals surface area (Å²) in [7, 11) is 0. The predicted molar refractivity (Wildman–Crippen MR) is 107 cm³/mol. The third-order valence-electron chi connectivity index (χ3n) is 5.99. The zero-order valence-corrected chi connectivity index (χ0v) is 18.1. The van der Waals surface area contributed by atoms with Crippen LogP contribution in [0, 0.1) is 11.8 Å². The molecule has 0 aromatic carbocycles. The van der Waals surface area contributed by atoms with Crippen molar-refractivity contribution < 1.29 is 19.1 Å². The van der Waals surface area contributed by atoms with Crippen LogP contribution in [-0.2, 0) is 19.1 Å². The number of hydrogen-bond acceptors (Lipinski definition) is 5. The molecule has 2 heterocycles. The van der Waals surface area contributed by atoms with Crippen molar-refractivity contribution in [2.24, 2.45) is 11.8 Å². The molecule has 0 bridgehead atoms. The van der Waals surface area contributed by atoms with Crippen molar-refractivity contribution in [3.8, 4) is 0 Å². The molecule has 1 N–H and O–H groups in total. The van der Waals surface area contributed by atoms with Gasteiger partial charge in [-0.15, -0.1) is 0 Å². The van der Waals surface area contributed by atoms with Crippen LogP contribution in [0.5, 0.6) is 0 Å². The van der Waals surface area contributed by atoms with Gasteiger partial charge in [0.05, 0.1) is 18.3 Å². The third-order valence-corrected chi connectivity index (χ3v) is 5.99. The summed E-state index contributed by atoms with van der Waals surface area (Å²) in [4.78, 5) is 41.3. The van der Waals surface area contributed by atoms with Gasteiger partial charge in [0, 0.05) is 32.4 Å². The van der Waals surface area contributed by atoms with Gasteiger partial charge in [0.25, 0.3) is 0 Å². The van der Waals surface area contributed by atoms with Crippen LogP contribution >= 0.6 is 0 Å². The summed E-state index contributed by atoms with van der Waals surface area (Å²) < 4.78 is 5.09. The number of nitrogens with zero attached hydrogens (tertiary/aromatic N) is 2. The Hall–Kier alpha value is -1.63. The SMILES string of the molecule is CCOC(=O)CN1C(=O)C(CC(C)C)NC12CCN(C(=O)CC(C)CC)CC2. The Morgan fingerprint density at radius 3 is 2.39 bits per heavy atom. The van der Waals surface area contributed by atoms with E-state index in [0.717, 1.165) is 12.8 Å². The second-order valence-electron chi connectivity index (χ2n) is 8.69. The number of rotatable bonds is 8. The Kier molecular flexibility index (Phi) is 7.87. The van der Waals surface area contributed by atoms with Crippen molar-refractivity contribution in [1.29, 1.82) is 0 Å². The lowest BCUT2D eigenvalue weighted by Gasteiger charge is -2.44. The number of carbonyl (C=O) groups excluding carboxylic acids is 3. The zero-order valence-electron chi connectivity index (χ0n) is 18.1. The second kappa shape index (κ2) is 9.72. The molecule has 2 amide bonds. The van der Waals surface area contributed by atoms with E-state index in [0.29, 0.717) is 50.8 Å². The molecule has 2 unspecified atom stereocenters. The summed E-state index contributed by atoms with van der Waals surface area (Å²) in [5.74, 6) is 0.534. The summed E-state index contributed by atoms with van der Waals surface area (Å²) in [6.07, 6.45) is 3.57. The fourth-order valence-electron chi connectivity index (χ4n) is 4.17. The number of hydrogen-bond donors (Lipinski definition) is 1. The van der Waals surface area contributed by atoms with E-state index in [9.17, 15) is 14.4 Å². The molecular weight excluding hydrogens is 358 g/mol. The standard InChI is InChI=1S/C21H37N3O4/c1-6-16(5)13-18(25)23-10-8-21(9-11-23)22-17(12-15(3)4)20(27)24(21)14-19(26)28-7-2/h15-17,22H,6-14H2,1-5H3. The Labute approximate surface area is 169 Å². The third kappa shape index (κ3) is 5.25. The molecule has 2 rings (SSSR count). The van der Waals surface area contributed by atoms with Gasteiger partial charge in [0.2, 0.25) is 11.8 Å². The summed E-state index contributed by atoms with van der Waals surface area (Å²) in [5, 5.41) is 3.53. The van der Waals surface area contributed by atoms with E-state index in [4.69, 9.17) is 4.74 Å². The van der Waals surface area contributed by atoms with E-state index in [1.165, 1.54) is 0 Å². The van der Waals surface area contributed by atoms with Crippen LogP contribution in [0.4, 0.5) is 0 Å². The first kappa shape index (κ1) is 22.7. The first-order valence-corrected chi connectivity index (χ1v) is 10.7. The van der Waals surface area contributed by atoms with Crippen LogP contribution in [0.25, 0.3) is 0 Å². The minimum atomic E-state index is -0.559. The van der Waals surface area contributed by atoms with Gasteiger partial charge in [-0.3, -0.25) is 19.7 Å². The summed E-state index contributed by atoms with van der Waals surface area (Å²) in [6, 6.07) is -0.281. The normalized spacial score (nSPS) is 22.8. The molecule has 0 aliphatic carbocycles. The van der Waals surface area contributed by atoms with E-state index in [2.05, 4.69) is 33.0 Å². The molecule has 2 aliphatic rings. The lowest BCUT2D eigenvalue weighted by Crippen LogP contribution is -2.60. The van der Waals surface area contributed by atoms with E-state index in [1.807, 2.05) is 4.90 Å². The van der Waals surface area contributed by atoms with Gasteiger partial charge in [-0.05, 0) is 25.2 Å². The molecule has 2 aliphatic heterocycles. The number of nitrogens with one attached hydrogen (secondary N) is 1. The molecular formula is C21H37N3O4. The van der Waals surface area contributed by atoms with E-state index < -0.39 is 5.66 Å². The van der Waals surface area contributed by atoms with Gasteiger partial charge in [0.1, 0.15) is 6.54 Å². The fraction of sp³-hybridized carbons (Fsp3) is 0.857. The highest BCUT2D eigenvalue weighted by Crippen LogP contribution is 2.34. The van der Waals surface area contributed by atoms with Crippen LogP contribution < -0.4 is 5.32 Å². The van der Waals surface area contributed by atoms with Gasteiger partial charge in [-0.2, -0.15) is 0 Å². The van der Waals surface area contributed by atoms with Gasteiger partial charge in [-0.1, -0.05) is 34.1 Å². The van der Waals surface area contributed by atoms with Crippen LogP contribution in [0.1, 0.15) is 66.7 Å². The smallest absolute Gasteiger partial charge is 0.325 e. The summed E-state index contributed by atoms with van der Waals surface area (Å²) in [5.41, 5.74) is -0.559. The van der Waals surface area contributed by atoms with Gasteiger partial charge in [-0.25, -0.2) is 0 Å². The molecule has 7 nitrogen and oxygen atoms in total. The fourth-order valence-corrected chi connectivity index (χ4v) is 4.17. The Balaban J connectivity index is 2.10. The maximum Gasteiger partial charge on any atom is 0.325 e. The summed E-state index contributed by atoms with van der Waals surface area (Å²) >= 11 is 0. The number of carbonyl (C=O) groups is 3. The van der Waals surface area contributed by atoms with Crippen molar-refractivity contribution in [2.45, 2.75) is 78.4 Å². The highest BCUT2D eigenvalue weighted by atomic mass is 16.5. The van der Waals surface area contributed by atoms with E-state index >= 15 is 0 Å². The number of likely N-dealkylation sites (tertiary alicyclic amines) is 1. The number of ether oxygens (including phenoxy) is 1. The molecule has 0 aromatic heterocycles. The molecule has 160 valence electrons. The van der Waals surface area contributed by atoms with Crippen molar-refractivity contribution in [3.63, 3.8) is 0 Å². The maximum atomic E-state index is 13.0. The molecule has 2 fully saturated rings. The highest BCUT2D eigenvalue weighted by Gasteiger charge is 2.52. The van der Waals surface area contributed by atoms with Gasteiger partial charge < -0.3 is 14.5 Å². The first-order valence-electron chi connectivity index (χ1n) is 10.7. The quantitative estimate of drug-likeness (QED) is 0.637. The molecule has 2 saturated heterocycles. The molecule has 1 spiro atoms.